The van der Waals surface area contributed by atoms with Crippen molar-refractivity contribution in [3.05, 3.63) is 40.7 Å². The van der Waals surface area contributed by atoms with Gasteiger partial charge in [0.1, 0.15) is 11.7 Å². The van der Waals surface area contributed by atoms with Gasteiger partial charge in [-0.2, -0.15) is 4.98 Å². The van der Waals surface area contributed by atoms with E-state index in [1.807, 2.05) is 30.3 Å². The highest BCUT2D eigenvalue weighted by Crippen LogP contribution is 2.28. The van der Waals surface area contributed by atoms with E-state index in [0.29, 0.717) is 11.5 Å². The topological polar surface area (TPSA) is 98.1 Å². The number of benzene rings is 1. The molecule has 0 aliphatic rings. The van der Waals surface area contributed by atoms with E-state index in [0.717, 1.165) is 15.4 Å². The molecule has 2 heterocycles. The molecule has 0 saturated heterocycles. The molecule has 0 radical (unpaired) electrons. The number of pyridine rings is 1. The SMILES string of the molecule is N[C@@H](CO)c1nc(-c2nc3ccccc3cc2Br)no1. The fraction of sp³-hybridized carbons (Fsp3) is 0.154. The van der Waals surface area contributed by atoms with Gasteiger partial charge in [0, 0.05) is 9.86 Å². The van der Waals surface area contributed by atoms with E-state index in [1.54, 1.807) is 0 Å². The van der Waals surface area contributed by atoms with E-state index in [9.17, 15) is 0 Å². The molecule has 0 fully saturated rings. The van der Waals surface area contributed by atoms with Crippen LogP contribution < -0.4 is 5.73 Å². The van der Waals surface area contributed by atoms with Gasteiger partial charge < -0.3 is 15.4 Å². The Bertz CT molecular complexity index is 759. The van der Waals surface area contributed by atoms with Crippen LogP contribution in [0.2, 0.25) is 0 Å². The summed E-state index contributed by atoms with van der Waals surface area (Å²) in [4.78, 5) is 8.67. The number of para-hydroxylation sites is 1. The number of hydrogen-bond donors (Lipinski definition) is 2. The first kappa shape index (κ1) is 13.2. The number of nitrogens with two attached hydrogens (primary N) is 1. The Morgan fingerprint density at radius 2 is 2.10 bits per heavy atom. The monoisotopic (exact) mass is 334 g/mol. The smallest absolute Gasteiger partial charge is 0.246 e. The van der Waals surface area contributed by atoms with Crippen LogP contribution in [-0.2, 0) is 0 Å². The Hall–Kier alpha value is -1.83. The van der Waals surface area contributed by atoms with Crippen molar-refractivity contribution in [3.8, 4) is 11.5 Å². The normalized spacial score (nSPS) is 12.8. The van der Waals surface area contributed by atoms with Crippen molar-refractivity contribution in [2.45, 2.75) is 6.04 Å². The fourth-order valence-corrected chi connectivity index (χ4v) is 2.32. The van der Waals surface area contributed by atoms with Crippen LogP contribution in [0.1, 0.15) is 11.9 Å². The zero-order valence-electron chi connectivity index (χ0n) is 10.3. The minimum absolute atomic E-state index is 0.185. The lowest BCUT2D eigenvalue weighted by Gasteiger charge is -2.02. The van der Waals surface area contributed by atoms with Crippen molar-refractivity contribution in [3.63, 3.8) is 0 Å². The first-order valence-corrected chi connectivity index (χ1v) is 6.74. The summed E-state index contributed by atoms with van der Waals surface area (Å²) in [7, 11) is 0. The van der Waals surface area contributed by atoms with Gasteiger partial charge in [-0.1, -0.05) is 23.4 Å². The number of aliphatic hydroxyl groups is 1. The maximum absolute atomic E-state index is 8.99. The third-order valence-electron chi connectivity index (χ3n) is 2.84. The van der Waals surface area contributed by atoms with Crippen molar-refractivity contribution in [1.82, 2.24) is 15.1 Å². The summed E-state index contributed by atoms with van der Waals surface area (Å²) in [6, 6.07) is 9.00. The van der Waals surface area contributed by atoms with Crippen LogP contribution >= 0.6 is 15.9 Å². The molecular weight excluding hydrogens is 324 g/mol. The number of aromatic nitrogens is 3. The molecule has 0 aliphatic carbocycles. The van der Waals surface area contributed by atoms with Crippen molar-refractivity contribution in [2.24, 2.45) is 5.73 Å². The van der Waals surface area contributed by atoms with Gasteiger partial charge in [0.2, 0.25) is 11.7 Å². The number of nitrogens with zero attached hydrogens (tertiary/aromatic N) is 3. The minimum atomic E-state index is -0.685. The van der Waals surface area contributed by atoms with Gasteiger partial charge in [-0.25, -0.2) is 4.98 Å². The van der Waals surface area contributed by atoms with E-state index < -0.39 is 6.04 Å². The molecule has 102 valence electrons. The highest BCUT2D eigenvalue weighted by molar-refractivity contribution is 9.10. The van der Waals surface area contributed by atoms with Crippen LogP contribution in [0.4, 0.5) is 0 Å². The summed E-state index contributed by atoms with van der Waals surface area (Å²) < 4.78 is 5.80. The van der Waals surface area contributed by atoms with Gasteiger partial charge in [-0.15, -0.1) is 0 Å². The molecule has 3 N–H and O–H groups in total. The van der Waals surface area contributed by atoms with Crippen molar-refractivity contribution in [2.75, 3.05) is 6.61 Å². The Morgan fingerprint density at radius 1 is 1.30 bits per heavy atom. The van der Waals surface area contributed by atoms with Crippen LogP contribution in [0.5, 0.6) is 0 Å². The summed E-state index contributed by atoms with van der Waals surface area (Å²) in [6.45, 7) is -0.256. The van der Waals surface area contributed by atoms with Crippen LogP contribution in [0.15, 0.2) is 39.3 Å². The molecule has 0 saturated carbocycles. The van der Waals surface area contributed by atoms with E-state index in [4.69, 9.17) is 15.4 Å². The van der Waals surface area contributed by atoms with Gasteiger partial charge >= 0.3 is 0 Å². The molecule has 0 spiro atoms. The van der Waals surface area contributed by atoms with Gasteiger partial charge in [-0.05, 0) is 28.1 Å². The fourth-order valence-electron chi connectivity index (χ4n) is 1.81. The summed E-state index contributed by atoms with van der Waals surface area (Å²) in [5.41, 5.74) is 7.05. The summed E-state index contributed by atoms with van der Waals surface area (Å²) in [6.07, 6.45) is 0. The first-order chi connectivity index (χ1) is 9.69. The number of hydrogen-bond acceptors (Lipinski definition) is 6. The Morgan fingerprint density at radius 3 is 2.90 bits per heavy atom. The second-order valence-corrected chi connectivity index (χ2v) is 5.11. The molecule has 1 atom stereocenters. The predicted molar refractivity (Wildman–Crippen MR) is 76.7 cm³/mol. The third-order valence-corrected chi connectivity index (χ3v) is 3.45. The molecule has 3 aromatic rings. The number of aliphatic hydroxyl groups excluding tert-OH is 1. The molecule has 0 bridgehead atoms. The van der Waals surface area contributed by atoms with E-state index in [-0.39, 0.29) is 12.5 Å². The van der Waals surface area contributed by atoms with E-state index in [2.05, 4.69) is 31.1 Å². The standard InChI is InChI=1S/C13H11BrN4O2/c14-8-5-7-3-1-2-4-10(7)16-11(8)12-17-13(20-18-12)9(15)6-19/h1-5,9,19H,6,15H2/t9-/m0/s1. The minimum Gasteiger partial charge on any atom is -0.394 e. The molecule has 3 rings (SSSR count). The quantitative estimate of drug-likeness (QED) is 0.760. The summed E-state index contributed by atoms with van der Waals surface area (Å²) in [5.74, 6) is 0.519. The van der Waals surface area contributed by atoms with Crippen molar-refractivity contribution >= 4 is 26.8 Å². The largest absolute Gasteiger partial charge is 0.394 e. The van der Waals surface area contributed by atoms with Gasteiger partial charge in [0.25, 0.3) is 0 Å². The molecule has 0 aliphatic heterocycles. The molecule has 0 amide bonds. The average Bonchev–Trinajstić information content (AvgIpc) is 2.95. The van der Waals surface area contributed by atoms with Crippen LogP contribution in [0, 0.1) is 0 Å². The third kappa shape index (κ3) is 2.31. The molecule has 20 heavy (non-hydrogen) atoms. The van der Waals surface area contributed by atoms with E-state index >= 15 is 0 Å². The van der Waals surface area contributed by atoms with E-state index in [1.165, 1.54) is 0 Å². The van der Waals surface area contributed by atoms with Crippen LogP contribution in [0.3, 0.4) is 0 Å². The Balaban J connectivity index is 2.09. The molecular formula is C13H11BrN4O2. The number of fused-ring (bicyclic) bond motifs is 1. The Kier molecular flexibility index (Phi) is 3.47. The molecule has 6 nitrogen and oxygen atoms in total. The molecule has 2 aromatic heterocycles. The molecule has 1 aromatic carbocycles. The lowest BCUT2D eigenvalue weighted by atomic mass is 10.2. The van der Waals surface area contributed by atoms with Crippen LogP contribution in [-0.4, -0.2) is 26.8 Å². The Labute approximate surface area is 122 Å². The first-order valence-electron chi connectivity index (χ1n) is 5.94. The lowest BCUT2D eigenvalue weighted by molar-refractivity contribution is 0.237. The molecule has 0 unspecified atom stereocenters. The predicted octanol–water partition coefficient (Wildman–Crippen LogP) is 2.04. The highest BCUT2D eigenvalue weighted by atomic mass is 79.9. The maximum Gasteiger partial charge on any atom is 0.246 e. The number of rotatable bonds is 3. The lowest BCUT2D eigenvalue weighted by Crippen LogP contribution is -2.14. The van der Waals surface area contributed by atoms with Gasteiger partial charge in [0.05, 0.1) is 12.1 Å². The second kappa shape index (κ2) is 5.28. The van der Waals surface area contributed by atoms with Gasteiger partial charge in [-0.3, -0.25) is 0 Å². The highest BCUT2D eigenvalue weighted by Gasteiger charge is 2.17. The maximum atomic E-state index is 8.99. The van der Waals surface area contributed by atoms with Crippen molar-refractivity contribution in [1.29, 1.82) is 0 Å². The van der Waals surface area contributed by atoms with Crippen molar-refractivity contribution < 1.29 is 9.63 Å². The zero-order chi connectivity index (χ0) is 14.1. The van der Waals surface area contributed by atoms with Gasteiger partial charge in [0.15, 0.2) is 0 Å². The summed E-state index contributed by atoms with van der Waals surface area (Å²) in [5, 5.41) is 13.9. The van der Waals surface area contributed by atoms with Crippen LogP contribution in [0.25, 0.3) is 22.4 Å². The zero-order valence-corrected chi connectivity index (χ0v) is 11.9. The average molecular weight is 335 g/mol. The second-order valence-electron chi connectivity index (χ2n) is 4.26. The summed E-state index contributed by atoms with van der Waals surface area (Å²) >= 11 is 3.45. The number of halogens is 1. The molecule has 7 heteroatoms.